The highest BCUT2D eigenvalue weighted by Gasteiger charge is 2.09. The van der Waals surface area contributed by atoms with Crippen LogP contribution in [0.1, 0.15) is 17.7 Å². The molecular formula is C14H19NO2S. The highest BCUT2D eigenvalue weighted by atomic mass is 32.2. The molecule has 98 valence electrons. The third-order valence-corrected chi connectivity index (χ3v) is 3.85. The molecule has 1 unspecified atom stereocenters. The summed E-state index contributed by atoms with van der Waals surface area (Å²) in [6.45, 7) is 3.69. The Morgan fingerprint density at radius 2 is 2.11 bits per heavy atom. The van der Waals surface area contributed by atoms with E-state index in [0.717, 1.165) is 36.6 Å². The van der Waals surface area contributed by atoms with Gasteiger partial charge in [-0.2, -0.15) is 0 Å². The molecule has 4 heteroatoms. The highest BCUT2D eigenvalue weighted by Crippen LogP contribution is 2.24. The summed E-state index contributed by atoms with van der Waals surface area (Å²) >= 11 is 0. The second-order valence-electron chi connectivity index (χ2n) is 4.44. The highest BCUT2D eigenvalue weighted by molar-refractivity contribution is 7.84. The van der Waals surface area contributed by atoms with Crippen LogP contribution < -0.4 is 5.32 Å². The average molecular weight is 265 g/mol. The number of rotatable bonds is 6. The normalized spacial score (nSPS) is 13.0. The van der Waals surface area contributed by atoms with Gasteiger partial charge in [-0.25, -0.2) is 0 Å². The minimum absolute atomic E-state index is 0.691. The molecule has 0 fully saturated rings. The number of nitrogens with one attached hydrogen (secondary N) is 1. The largest absolute Gasteiger partial charge is 0.461 e. The van der Waals surface area contributed by atoms with E-state index in [1.807, 2.05) is 25.1 Å². The van der Waals surface area contributed by atoms with Gasteiger partial charge in [0.25, 0.3) is 0 Å². The van der Waals surface area contributed by atoms with Crippen LogP contribution in [-0.4, -0.2) is 22.8 Å². The zero-order valence-corrected chi connectivity index (χ0v) is 11.7. The van der Waals surface area contributed by atoms with E-state index in [-0.39, 0.29) is 0 Å². The van der Waals surface area contributed by atoms with Crippen molar-refractivity contribution in [2.75, 3.05) is 18.6 Å². The molecule has 0 saturated heterocycles. The standard InChI is InChI=1S/C14H19NO2S/c1-11-13(10-15-8-5-9-18(2)16)12-6-3-4-7-14(12)17-11/h3-4,6-7,15H,5,8-10H2,1-2H3. The molecule has 1 heterocycles. The van der Waals surface area contributed by atoms with Crippen molar-refractivity contribution < 1.29 is 8.63 Å². The monoisotopic (exact) mass is 265 g/mol. The summed E-state index contributed by atoms with van der Waals surface area (Å²) in [6.07, 6.45) is 2.69. The molecule has 0 aliphatic heterocycles. The summed E-state index contributed by atoms with van der Waals surface area (Å²) in [6, 6.07) is 8.09. The Morgan fingerprint density at radius 3 is 2.89 bits per heavy atom. The van der Waals surface area contributed by atoms with E-state index < -0.39 is 10.8 Å². The van der Waals surface area contributed by atoms with Gasteiger partial charge >= 0.3 is 0 Å². The fourth-order valence-corrected chi connectivity index (χ4v) is 2.61. The number of fused-ring (bicyclic) bond motifs is 1. The van der Waals surface area contributed by atoms with Gasteiger partial charge in [-0.1, -0.05) is 18.2 Å². The minimum atomic E-state index is -0.691. The van der Waals surface area contributed by atoms with Crippen molar-refractivity contribution in [2.45, 2.75) is 19.9 Å². The van der Waals surface area contributed by atoms with E-state index in [0.29, 0.717) is 0 Å². The van der Waals surface area contributed by atoms with Crippen molar-refractivity contribution in [3.63, 3.8) is 0 Å². The average Bonchev–Trinajstić information content (AvgIpc) is 2.65. The van der Waals surface area contributed by atoms with Crippen LogP contribution in [0.25, 0.3) is 11.0 Å². The molecule has 2 rings (SSSR count). The van der Waals surface area contributed by atoms with Crippen molar-refractivity contribution in [1.82, 2.24) is 5.32 Å². The van der Waals surface area contributed by atoms with Crippen LogP contribution in [0.2, 0.25) is 0 Å². The molecule has 1 atom stereocenters. The van der Waals surface area contributed by atoms with Crippen molar-refractivity contribution in [3.8, 4) is 0 Å². The first kappa shape index (κ1) is 13.3. The molecule has 1 aromatic carbocycles. The van der Waals surface area contributed by atoms with Gasteiger partial charge in [-0.05, 0) is 26.0 Å². The second kappa shape index (κ2) is 6.16. The molecule has 0 aliphatic rings. The molecule has 0 amide bonds. The number of aryl methyl sites for hydroxylation is 1. The summed E-state index contributed by atoms with van der Waals surface area (Å²) in [7, 11) is -0.691. The van der Waals surface area contributed by atoms with E-state index in [2.05, 4.69) is 11.4 Å². The molecule has 1 aromatic heterocycles. The van der Waals surface area contributed by atoms with Gasteiger partial charge in [-0.15, -0.1) is 0 Å². The van der Waals surface area contributed by atoms with Crippen LogP contribution in [0.15, 0.2) is 28.7 Å². The predicted octanol–water partition coefficient (Wildman–Crippen LogP) is 2.60. The Balaban J connectivity index is 1.95. The first-order valence-corrected chi connectivity index (χ1v) is 7.89. The third-order valence-electron chi connectivity index (χ3n) is 2.99. The molecule has 0 saturated carbocycles. The quantitative estimate of drug-likeness (QED) is 0.816. The number of hydrogen-bond donors (Lipinski definition) is 1. The summed E-state index contributed by atoms with van der Waals surface area (Å²) in [5.41, 5.74) is 2.17. The van der Waals surface area contributed by atoms with Crippen molar-refractivity contribution in [1.29, 1.82) is 0 Å². The third kappa shape index (κ3) is 3.21. The summed E-state index contributed by atoms with van der Waals surface area (Å²) in [4.78, 5) is 0. The van der Waals surface area contributed by atoms with E-state index in [1.54, 1.807) is 6.26 Å². The van der Waals surface area contributed by atoms with E-state index in [4.69, 9.17) is 4.42 Å². The maximum Gasteiger partial charge on any atom is 0.134 e. The molecule has 0 radical (unpaired) electrons. The van der Waals surface area contributed by atoms with Crippen LogP contribution >= 0.6 is 0 Å². The first-order valence-electron chi connectivity index (χ1n) is 6.16. The summed E-state index contributed by atoms with van der Waals surface area (Å²) in [5.74, 6) is 1.74. The molecule has 2 aromatic rings. The van der Waals surface area contributed by atoms with E-state index in [9.17, 15) is 4.21 Å². The summed E-state index contributed by atoms with van der Waals surface area (Å²) in [5, 5.41) is 4.56. The predicted molar refractivity (Wildman–Crippen MR) is 76.2 cm³/mol. The fraction of sp³-hybridized carbons (Fsp3) is 0.429. The van der Waals surface area contributed by atoms with Gasteiger partial charge in [0.1, 0.15) is 11.3 Å². The minimum Gasteiger partial charge on any atom is -0.461 e. The molecule has 0 spiro atoms. The lowest BCUT2D eigenvalue weighted by Crippen LogP contribution is -2.16. The topological polar surface area (TPSA) is 42.2 Å². The second-order valence-corrected chi connectivity index (χ2v) is 6.00. The van der Waals surface area contributed by atoms with Crippen LogP contribution in [0, 0.1) is 6.92 Å². The van der Waals surface area contributed by atoms with Gasteiger partial charge < -0.3 is 9.73 Å². The van der Waals surface area contributed by atoms with Gasteiger partial charge in [0.15, 0.2) is 0 Å². The van der Waals surface area contributed by atoms with Crippen LogP contribution in [0.3, 0.4) is 0 Å². The van der Waals surface area contributed by atoms with Crippen molar-refractivity contribution in [3.05, 3.63) is 35.6 Å². The number of hydrogen-bond acceptors (Lipinski definition) is 3. The van der Waals surface area contributed by atoms with Gasteiger partial charge in [0, 0.05) is 40.3 Å². The Morgan fingerprint density at radius 1 is 1.33 bits per heavy atom. The molecular weight excluding hydrogens is 246 g/mol. The SMILES string of the molecule is Cc1oc2ccccc2c1CNCCCS(C)=O. The zero-order valence-electron chi connectivity index (χ0n) is 10.9. The number of benzene rings is 1. The Kier molecular flexibility index (Phi) is 4.55. The Bertz CT molecular complexity index is 548. The number of para-hydroxylation sites is 1. The smallest absolute Gasteiger partial charge is 0.134 e. The van der Waals surface area contributed by atoms with Crippen LogP contribution in [0.4, 0.5) is 0 Å². The van der Waals surface area contributed by atoms with Gasteiger partial charge in [0.2, 0.25) is 0 Å². The van der Waals surface area contributed by atoms with Crippen molar-refractivity contribution in [2.24, 2.45) is 0 Å². The van der Waals surface area contributed by atoms with Crippen molar-refractivity contribution >= 4 is 21.8 Å². The molecule has 0 aliphatic carbocycles. The maximum atomic E-state index is 10.9. The lowest BCUT2D eigenvalue weighted by Gasteiger charge is -2.03. The maximum absolute atomic E-state index is 10.9. The Labute approximate surface area is 110 Å². The lowest BCUT2D eigenvalue weighted by molar-refractivity contribution is 0.564. The molecule has 3 nitrogen and oxygen atoms in total. The summed E-state index contributed by atoms with van der Waals surface area (Å²) < 4.78 is 16.6. The fourth-order valence-electron chi connectivity index (χ4n) is 2.05. The van der Waals surface area contributed by atoms with Gasteiger partial charge in [-0.3, -0.25) is 4.21 Å². The lowest BCUT2D eigenvalue weighted by atomic mass is 10.1. The molecule has 0 bridgehead atoms. The van der Waals surface area contributed by atoms with E-state index in [1.165, 1.54) is 10.9 Å². The van der Waals surface area contributed by atoms with Gasteiger partial charge in [0.05, 0.1) is 0 Å². The zero-order chi connectivity index (χ0) is 13.0. The molecule has 18 heavy (non-hydrogen) atoms. The molecule has 1 N–H and O–H groups in total. The van der Waals surface area contributed by atoms with Crippen LogP contribution in [0.5, 0.6) is 0 Å². The van der Waals surface area contributed by atoms with Crippen LogP contribution in [-0.2, 0) is 17.3 Å². The Hall–Kier alpha value is -1.13. The number of furan rings is 1. The van der Waals surface area contributed by atoms with E-state index >= 15 is 0 Å². The first-order chi connectivity index (χ1) is 8.68.